The summed E-state index contributed by atoms with van der Waals surface area (Å²) in [5, 5.41) is 0. The van der Waals surface area contributed by atoms with E-state index in [9.17, 15) is 0 Å². The van der Waals surface area contributed by atoms with E-state index in [2.05, 4.69) is 37.5 Å². The number of nitrogens with two attached hydrogens (primary N) is 1. The van der Waals surface area contributed by atoms with Gasteiger partial charge in [-0.15, -0.1) is 0 Å². The second kappa shape index (κ2) is 6.58. The van der Waals surface area contributed by atoms with Crippen molar-refractivity contribution in [2.24, 2.45) is 11.7 Å². The molecule has 0 aromatic rings. The third kappa shape index (κ3) is 4.04. The minimum absolute atomic E-state index is 0.343. The van der Waals surface area contributed by atoms with Crippen LogP contribution in [0.1, 0.15) is 34.1 Å². The average Bonchev–Trinajstić information content (AvgIpc) is 2.28. The zero-order valence-corrected chi connectivity index (χ0v) is 11.4. The first-order valence-electron chi connectivity index (χ1n) is 6.76. The van der Waals surface area contributed by atoms with Crippen molar-refractivity contribution in [3.8, 4) is 0 Å². The fourth-order valence-electron chi connectivity index (χ4n) is 2.24. The summed E-state index contributed by atoms with van der Waals surface area (Å²) in [6.07, 6.45) is 1.19. The van der Waals surface area contributed by atoms with Crippen LogP contribution in [0.4, 0.5) is 0 Å². The van der Waals surface area contributed by atoms with E-state index < -0.39 is 0 Å². The maximum absolute atomic E-state index is 6.20. The molecule has 1 aliphatic heterocycles. The Hall–Kier alpha value is -0.120. The molecule has 1 aliphatic rings. The molecule has 0 unspecified atom stereocenters. The van der Waals surface area contributed by atoms with Crippen molar-refractivity contribution in [2.75, 3.05) is 32.7 Å². The third-order valence-corrected chi connectivity index (χ3v) is 3.98. The van der Waals surface area contributed by atoms with Crippen LogP contribution in [0.15, 0.2) is 0 Å². The molecule has 1 saturated heterocycles. The molecule has 0 aliphatic carbocycles. The van der Waals surface area contributed by atoms with Gasteiger partial charge in [-0.05, 0) is 19.8 Å². The highest BCUT2D eigenvalue weighted by Crippen LogP contribution is 2.10. The first-order valence-corrected chi connectivity index (χ1v) is 6.76. The number of rotatable bonds is 5. The maximum atomic E-state index is 6.20. The number of hydrogen-bond acceptors (Lipinski definition) is 3. The van der Waals surface area contributed by atoms with Gasteiger partial charge in [-0.1, -0.05) is 20.3 Å². The maximum Gasteiger partial charge on any atom is 0.0193 e. The molecular formula is C13H29N3. The van der Waals surface area contributed by atoms with Gasteiger partial charge in [0.15, 0.2) is 0 Å². The third-order valence-electron chi connectivity index (χ3n) is 3.98. The van der Waals surface area contributed by atoms with Crippen molar-refractivity contribution in [1.29, 1.82) is 0 Å². The second-order valence-corrected chi connectivity index (χ2v) is 5.48. The SMILES string of the molecule is CC[C@H](C)[C@@H](N)CN1CCN(C(C)C)CC1. The zero-order chi connectivity index (χ0) is 12.1. The van der Waals surface area contributed by atoms with Crippen LogP contribution in [0, 0.1) is 5.92 Å². The summed E-state index contributed by atoms with van der Waals surface area (Å²) in [7, 11) is 0. The predicted molar refractivity (Wildman–Crippen MR) is 70.6 cm³/mol. The smallest absolute Gasteiger partial charge is 0.0193 e. The molecule has 1 heterocycles. The molecular weight excluding hydrogens is 198 g/mol. The lowest BCUT2D eigenvalue weighted by atomic mass is 9.99. The molecule has 3 heteroatoms. The van der Waals surface area contributed by atoms with Gasteiger partial charge >= 0.3 is 0 Å². The van der Waals surface area contributed by atoms with Crippen LogP contribution >= 0.6 is 0 Å². The summed E-state index contributed by atoms with van der Waals surface area (Å²) in [5.74, 6) is 0.642. The number of piperazine rings is 1. The van der Waals surface area contributed by atoms with Crippen molar-refractivity contribution < 1.29 is 0 Å². The van der Waals surface area contributed by atoms with Gasteiger partial charge in [0, 0.05) is 44.8 Å². The van der Waals surface area contributed by atoms with Crippen molar-refractivity contribution in [2.45, 2.75) is 46.2 Å². The summed E-state index contributed by atoms with van der Waals surface area (Å²) >= 11 is 0. The van der Waals surface area contributed by atoms with Crippen LogP contribution in [-0.2, 0) is 0 Å². The fraction of sp³-hybridized carbons (Fsp3) is 1.00. The van der Waals surface area contributed by atoms with Crippen LogP contribution in [0.2, 0.25) is 0 Å². The van der Waals surface area contributed by atoms with Crippen molar-refractivity contribution in [3.63, 3.8) is 0 Å². The summed E-state index contributed by atoms with van der Waals surface area (Å²) in [6.45, 7) is 14.9. The quantitative estimate of drug-likeness (QED) is 0.770. The lowest BCUT2D eigenvalue weighted by molar-refractivity contribution is 0.0995. The molecule has 0 saturated carbocycles. The highest BCUT2D eigenvalue weighted by atomic mass is 15.3. The van der Waals surface area contributed by atoms with Gasteiger partial charge in [-0.25, -0.2) is 0 Å². The van der Waals surface area contributed by atoms with Crippen LogP contribution in [-0.4, -0.2) is 54.6 Å². The second-order valence-electron chi connectivity index (χ2n) is 5.48. The highest BCUT2D eigenvalue weighted by molar-refractivity contribution is 4.79. The molecule has 16 heavy (non-hydrogen) atoms. The van der Waals surface area contributed by atoms with Gasteiger partial charge in [-0.3, -0.25) is 9.80 Å². The molecule has 2 atom stereocenters. The van der Waals surface area contributed by atoms with E-state index in [-0.39, 0.29) is 0 Å². The van der Waals surface area contributed by atoms with Gasteiger partial charge < -0.3 is 5.73 Å². The zero-order valence-electron chi connectivity index (χ0n) is 11.4. The van der Waals surface area contributed by atoms with E-state index in [4.69, 9.17) is 5.73 Å². The Kier molecular flexibility index (Phi) is 5.73. The number of hydrogen-bond donors (Lipinski definition) is 1. The van der Waals surface area contributed by atoms with Crippen LogP contribution in [0.25, 0.3) is 0 Å². The average molecular weight is 227 g/mol. The van der Waals surface area contributed by atoms with Gasteiger partial charge in [0.2, 0.25) is 0 Å². The first-order chi connectivity index (χ1) is 7.54. The summed E-state index contributed by atoms with van der Waals surface area (Å²) in [4.78, 5) is 5.07. The van der Waals surface area contributed by atoms with E-state index in [1.807, 2.05) is 0 Å². The standard InChI is InChI=1S/C13H29N3/c1-5-12(4)13(14)10-15-6-8-16(9-7-15)11(2)3/h11-13H,5-10,14H2,1-4H3/t12-,13-/m0/s1. The molecule has 3 nitrogen and oxygen atoms in total. The van der Waals surface area contributed by atoms with Crippen LogP contribution < -0.4 is 5.73 Å². The topological polar surface area (TPSA) is 32.5 Å². The van der Waals surface area contributed by atoms with Gasteiger partial charge in [-0.2, -0.15) is 0 Å². The molecule has 1 rings (SSSR count). The summed E-state index contributed by atoms with van der Waals surface area (Å²) < 4.78 is 0. The van der Waals surface area contributed by atoms with E-state index >= 15 is 0 Å². The molecule has 0 aromatic carbocycles. The molecule has 0 bridgehead atoms. The van der Waals surface area contributed by atoms with Crippen molar-refractivity contribution in [3.05, 3.63) is 0 Å². The van der Waals surface area contributed by atoms with Crippen molar-refractivity contribution in [1.82, 2.24) is 9.80 Å². The Balaban J connectivity index is 2.26. The molecule has 0 radical (unpaired) electrons. The van der Waals surface area contributed by atoms with Crippen LogP contribution in [0.5, 0.6) is 0 Å². The largest absolute Gasteiger partial charge is 0.326 e. The Morgan fingerprint density at radius 3 is 2.06 bits per heavy atom. The number of nitrogens with zero attached hydrogens (tertiary/aromatic N) is 2. The molecule has 0 amide bonds. The Morgan fingerprint density at radius 1 is 1.06 bits per heavy atom. The minimum atomic E-state index is 0.343. The fourth-order valence-corrected chi connectivity index (χ4v) is 2.24. The van der Waals surface area contributed by atoms with Gasteiger partial charge in [0.05, 0.1) is 0 Å². The molecule has 96 valence electrons. The van der Waals surface area contributed by atoms with Crippen LogP contribution in [0.3, 0.4) is 0 Å². The Bertz CT molecular complexity index is 186. The van der Waals surface area contributed by atoms with E-state index in [0.29, 0.717) is 18.0 Å². The van der Waals surface area contributed by atoms with Gasteiger partial charge in [0.1, 0.15) is 0 Å². The Labute approximate surface area is 101 Å². The van der Waals surface area contributed by atoms with E-state index in [0.717, 1.165) is 6.54 Å². The molecule has 0 spiro atoms. The molecule has 2 N–H and O–H groups in total. The van der Waals surface area contributed by atoms with Gasteiger partial charge in [0.25, 0.3) is 0 Å². The molecule has 0 aromatic heterocycles. The highest BCUT2D eigenvalue weighted by Gasteiger charge is 2.21. The normalized spacial score (nSPS) is 23.6. The lowest BCUT2D eigenvalue weighted by Gasteiger charge is -2.38. The van der Waals surface area contributed by atoms with Crippen molar-refractivity contribution >= 4 is 0 Å². The van der Waals surface area contributed by atoms with E-state index in [1.165, 1.54) is 32.6 Å². The summed E-state index contributed by atoms with van der Waals surface area (Å²) in [5.41, 5.74) is 6.20. The monoisotopic (exact) mass is 227 g/mol. The summed E-state index contributed by atoms with van der Waals surface area (Å²) in [6, 6.07) is 1.03. The van der Waals surface area contributed by atoms with E-state index in [1.54, 1.807) is 0 Å². The predicted octanol–water partition coefficient (Wildman–Crippen LogP) is 1.39. The Morgan fingerprint density at radius 2 is 1.62 bits per heavy atom. The lowest BCUT2D eigenvalue weighted by Crippen LogP contribution is -2.52. The molecule has 1 fully saturated rings. The first kappa shape index (κ1) is 13.9. The minimum Gasteiger partial charge on any atom is -0.326 e.